The van der Waals surface area contributed by atoms with Crippen molar-refractivity contribution >= 4 is 21.4 Å². The second-order valence-electron chi connectivity index (χ2n) is 6.10. The summed E-state index contributed by atoms with van der Waals surface area (Å²) in [5.74, 6) is 1.35. The molecule has 1 aromatic rings. The number of fused-ring (bicyclic) bond motifs is 3. The highest BCUT2D eigenvalue weighted by atomic mass is 32.1. The molecule has 0 bridgehead atoms. The van der Waals surface area contributed by atoms with Crippen molar-refractivity contribution < 1.29 is 14.2 Å². The molecule has 1 unspecified atom stereocenters. The van der Waals surface area contributed by atoms with Gasteiger partial charge in [0.2, 0.25) is 0 Å². The molecule has 0 aliphatic heterocycles. The molecule has 1 atom stereocenters. The Morgan fingerprint density at radius 2 is 1.96 bits per heavy atom. The molecular weight excluding hydrogens is 320 g/mol. The van der Waals surface area contributed by atoms with E-state index in [4.69, 9.17) is 14.2 Å². The Balaban J connectivity index is 2.02. The van der Waals surface area contributed by atoms with E-state index in [2.05, 4.69) is 49.6 Å². The Labute approximate surface area is 147 Å². The van der Waals surface area contributed by atoms with E-state index < -0.39 is 0 Å². The van der Waals surface area contributed by atoms with Gasteiger partial charge in [0.25, 0.3) is 0 Å². The first-order valence-electron chi connectivity index (χ1n) is 8.35. The van der Waals surface area contributed by atoms with E-state index in [1.807, 2.05) is 6.92 Å². The van der Waals surface area contributed by atoms with Crippen LogP contribution in [0.15, 0.2) is 35.7 Å². The van der Waals surface area contributed by atoms with Crippen LogP contribution in [0, 0.1) is 0 Å². The van der Waals surface area contributed by atoms with E-state index in [-0.39, 0.29) is 6.29 Å². The molecule has 0 saturated carbocycles. The van der Waals surface area contributed by atoms with Crippen LogP contribution in [0.5, 0.6) is 5.75 Å². The first-order chi connectivity index (χ1) is 11.6. The molecule has 1 aromatic heterocycles. The van der Waals surface area contributed by atoms with Crippen molar-refractivity contribution in [1.82, 2.24) is 0 Å². The molecule has 1 heterocycles. The van der Waals surface area contributed by atoms with Crippen LogP contribution in [0.4, 0.5) is 0 Å². The van der Waals surface area contributed by atoms with Gasteiger partial charge in [0, 0.05) is 29.4 Å². The van der Waals surface area contributed by atoms with E-state index in [9.17, 15) is 0 Å². The van der Waals surface area contributed by atoms with Gasteiger partial charge in [0.1, 0.15) is 12.4 Å². The molecule has 2 aliphatic rings. The topological polar surface area (TPSA) is 27.7 Å². The summed E-state index contributed by atoms with van der Waals surface area (Å²) >= 11 is 1.76. The van der Waals surface area contributed by atoms with Crippen LogP contribution >= 0.6 is 11.3 Å². The van der Waals surface area contributed by atoms with Crippen molar-refractivity contribution in [3.8, 4) is 16.9 Å². The second-order valence-corrected chi connectivity index (χ2v) is 7.05. The van der Waals surface area contributed by atoms with E-state index in [1.165, 1.54) is 26.8 Å². The van der Waals surface area contributed by atoms with Gasteiger partial charge in [-0.3, -0.25) is 0 Å². The predicted octanol–water partition coefficient (Wildman–Crippen LogP) is 5.52. The summed E-state index contributed by atoms with van der Waals surface area (Å²) < 4.78 is 18.2. The first kappa shape index (κ1) is 17.2. The van der Waals surface area contributed by atoms with Gasteiger partial charge in [-0.05, 0) is 47.5 Å². The fourth-order valence-electron chi connectivity index (χ4n) is 2.89. The minimum atomic E-state index is -0.354. The zero-order valence-electron chi connectivity index (χ0n) is 14.7. The lowest BCUT2D eigenvalue weighted by atomic mass is 10.0. The number of thiophene rings is 1. The zero-order valence-corrected chi connectivity index (χ0v) is 15.5. The Hall–Kier alpha value is -1.62. The Bertz CT molecular complexity index is 778. The summed E-state index contributed by atoms with van der Waals surface area (Å²) in [6.07, 6.45) is -0.354. The minimum Gasteiger partial charge on any atom is -0.488 e. The van der Waals surface area contributed by atoms with E-state index in [0.29, 0.717) is 19.1 Å². The largest absolute Gasteiger partial charge is 0.488 e. The fraction of sp³-hybridized carbons (Fsp3) is 0.400. The maximum atomic E-state index is 6.11. The van der Waals surface area contributed by atoms with Crippen LogP contribution in [-0.4, -0.2) is 26.6 Å². The molecule has 3 rings (SSSR count). The normalized spacial score (nSPS) is 13.0. The van der Waals surface area contributed by atoms with Crippen molar-refractivity contribution in [2.45, 2.75) is 33.0 Å². The lowest BCUT2D eigenvalue weighted by molar-refractivity contribution is -0.137. The molecule has 24 heavy (non-hydrogen) atoms. The predicted molar refractivity (Wildman–Crippen MR) is 100 cm³/mol. The van der Waals surface area contributed by atoms with Gasteiger partial charge in [0.05, 0.1) is 0 Å². The van der Waals surface area contributed by atoms with Gasteiger partial charge in [-0.15, -0.1) is 11.3 Å². The fourth-order valence-corrected chi connectivity index (χ4v) is 3.73. The van der Waals surface area contributed by atoms with Crippen molar-refractivity contribution in [2.75, 3.05) is 20.3 Å². The highest BCUT2D eigenvalue weighted by Crippen LogP contribution is 2.43. The molecule has 0 fully saturated rings. The third kappa shape index (κ3) is 3.41. The van der Waals surface area contributed by atoms with Crippen LogP contribution in [-0.2, 0) is 9.47 Å². The van der Waals surface area contributed by atoms with Gasteiger partial charge in [-0.1, -0.05) is 26.0 Å². The van der Waals surface area contributed by atoms with Crippen LogP contribution in [0.2, 0.25) is 0 Å². The van der Waals surface area contributed by atoms with E-state index >= 15 is 0 Å². The lowest BCUT2D eigenvalue weighted by Crippen LogP contribution is -2.23. The third-order valence-corrected chi connectivity index (χ3v) is 5.06. The Morgan fingerprint density at radius 1 is 1.12 bits per heavy atom. The molecule has 0 N–H and O–H groups in total. The average molecular weight is 344 g/mol. The van der Waals surface area contributed by atoms with E-state index in [0.717, 1.165) is 5.75 Å². The maximum Gasteiger partial charge on any atom is 0.191 e. The monoisotopic (exact) mass is 344 g/mol. The minimum absolute atomic E-state index is 0.354. The van der Waals surface area contributed by atoms with Crippen LogP contribution in [0.1, 0.15) is 32.3 Å². The van der Waals surface area contributed by atoms with Gasteiger partial charge in [-0.2, -0.15) is 0 Å². The molecule has 0 saturated heterocycles. The van der Waals surface area contributed by atoms with E-state index in [1.54, 1.807) is 18.4 Å². The number of hydrogen-bond donors (Lipinski definition) is 0. The molecule has 128 valence electrons. The number of rotatable bonds is 7. The zero-order chi connectivity index (χ0) is 17.1. The second kappa shape index (κ2) is 7.51. The SMILES string of the molecule is CCOC(COc1ccc(C(C)C)cc2cc3sccc3c1-2)OC. The molecule has 0 aromatic carbocycles. The van der Waals surface area contributed by atoms with Gasteiger partial charge >= 0.3 is 0 Å². The molecule has 0 amide bonds. The first-order valence-corrected chi connectivity index (χ1v) is 9.23. The van der Waals surface area contributed by atoms with Crippen molar-refractivity contribution in [1.29, 1.82) is 0 Å². The molecule has 0 spiro atoms. The quantitative estimate of drug-likeness (QED) is 0.528. The van der Waals surface area contributed by atoms with Crippen molar-refractivity contribution in [3.05, 3.63) is 41.3 Å². The lowest BCUT2D eigenvalue weighted by Gasteiger charge is -2.16. The summed E-state index contributed by atoms with van der Waals surface area (Å²) in [6, 6.07) is 10.9. The maximum absolute atomic E-state index is 6.11. The van der Waals surface area contributed by atoms with Crippen LogP contribution < -0.4 is 4.74 Å². The highest BCUT2D eigenvalue weighted by Gasteiger charge is 2.18. The van der Waals surface area contributed by atoms with Crippen LogP contribution in [0.3, 0.4) is 0 Å². The number of methoxy groups -OCH3 is 1. The summed E-state index contributed by atoms with van der Waals surface area (Å²) in [5.41, 5.74) is 3.70. The average Bonchev–Trinajstić information content (AvgIpc) is 3.08. The third-order valence-electron chi connectivity index (χ3n) is 4.19. The van der Waals surface area contributed by atoms with Crippen molar-refractivity contribution in [2.24, 2.45) is 0 Å². The Kier molecular flexibility index (Phi) is 5.39. The van der Waals surface area contributed by atoms with Gasteiger partial charge in [-0.25, -0.2) is 0 Å². The smallest absolute Gasteiger partial charge is 0.191 e. The summed E-state index contributed by atoms with van der Waals surface area (Å²) in [4.78, 5) is 0. The summed E-state index contributed by atoms with van der Waals surface area (Å²) in [7, 11) is 1.64. The van der Waals surface area contributed by atoms with Crippen LogP contribution in [0.25, 0.3) is 21.2 Å². The van der Waals surface area contributed by atoms with Gasteiger partial charge in [0.15, 0.2) is 6.29 Å². The Morgan fingerprint density at radius 3 is 2.67 bits per heavy atom. The molecule has 4 heteroatoms. The van der Waals surface area contributed by atoms with Gasteiger partial charge < -0.3 is 14.2 Å². The molecule has 2 aliphatic carbocycles. The highest BCUT2D eigenvalue weighted by molar-refractivity contribution is 7.17. The number of ether oxygens (including phenoxy) is 3. The van der Waals surface area contributed by atoms with Crippen molar-refractivity contribution in [3.63, 3.8) is 0 Å². The summed E-state index contributed by atoms with van der Waals surface area (Å²) in [5, 5.41) is 3.38. The number of hydrogen-bond acceptors (Lipinski definition) is 4. The standard InChI is InChI=1S/C20H24O3S/c1-5-22-19(21-4)12-23-17-7-6-14(13(2)3)10-15-11-18-16(20(15)17)8-9-24-18/h6-11,13,19H,5,12H2,1-4H3. The summed E-state index contributed by atoms with van der Waals surface area (Å²) in [6.45, 7) is 7.35. The molecule has 3 nitrogen and oxygen atoms in total. The molecular formula is C20H24O3S. The molecule has 0 radical (unpaired) electrons.